The maximum Gasteiger partial charge on any atom is 0.435 e. The average molecular weight is 233 g/mol. The van der Waals surface area contributed by atoms with Crippen molar-refractivity contribution in [3.63, 3.8) is 0 Å². The first-order chi connectivity index (χ1) is 7.32. The van der Waals surface area contributed by atoms with E-state index < -0.39 is 23.3 Å². The van der Waals surface area contributed by atoms with Crippen LogP contribution >= 0.6 is 0 Å². The van der Waals surface area contributed by atoms with Gasteiger partial charge in [-0.15, -0.1) is 0 Å². The Morgan fingerprint density at radius 3 is 2.44 bits per heavy atom. The second-order valence-corrected chi connectivity index (χ2v) is 3.87. The number of aryl methyl sites for hydroxylation is 1. The predicted molar refractivity (Wildman–Crippen MR) is 48.7 cm³/mol. The summed E-state index contributed by atoms with van der Waals surface area (Å²) in [5, 5.41) is 3.36. The number of hydrogen-bond donors (Lipinski definition) is 1. The van der Waals surface area contributed by atoms with Crippen LogP contribution in [0.3, 0.4) is 0 Å². The highest BCUT2D eigenvalue weighted by Gasteiger charge is 2.43. The van der Waals surface area contributed by atoms with E-state index >= 15 is 0 Å². The standard InChI is InChI=1S/C9H10F3N3O/c1-15-6(4-2-3-4)5(8(13)16)7(14-15)9(10,11)12/h4H,2-3H2,1H3,(H2,13,16). The summed E-state index contributed by atoms with van der Waals surface area (Å²) in [6, 6.07) is 0. The smallest absolute Gasteiger partial charge is 0.365 e. The molecule has 0 aliphatic heterocycles. The van der Waals surface area contributed by atoms with E-state index in [0.29, 0.717) is 5.69 Å². The molecule has 2 rings (SSSR count). The zero-order valence-electron chi connectivity index (χ0n) is 8.51. The maximum atomic E-state index is 12.6. The van der Waals surface area contributed by atoms with Crippen LogP contribution in [0.2, 0.25) is 0 Å². The van der Waals surface area contributed by atoms with Crippen LogP contribution in [0.5, 0.6) is 0 Å². The van der Waals surface area contributed by atoms with Gasteiger partial charge in [0, 0.05) is 13.0 Å². The lowest BCUT2D eigenvalue weighted by Crippen LogP contribution is -2.19. The molecule has 1 aliphatic rings. The lowest BCUT2D eigenvalue weighted by atomic mass is 10.1. The van der Waals surface area contributed by atoms with Gasteiger partial charge in [0.25, 0.3) is 5.91 Å². The molecule has 1 fully saturated rings. The van der Waals surface area contributed by atoms with Crippen LogP contribution in [0, 0.1) is 0 Å². The molecule has 0 aromatic carbocycles. The topological polar surface area (TPSA) is 60.9 Å². The van der Waals surface area contributed by atoms with E-state index in [4.69, 9.17) is 5.73 Å². The number of rotatable bonds is 2. The molecule has 0 radical (unpaired) electrons. The second kappa shape index (κ2) is 3.23. The minimum atomic E-state index is -4.64. The van der Waals surface area contributed by atoms with Crippen molar-refractivity contribution in [3.8, 4) is 0 Å². The third kappa shape index (κ3) is 1.66. The van der Waals surface area contributed by atoms with Gasteiger partial charge in [0.1, 0.15) is 0 Å². The van der Waals surface area contributed by atoms with Crippen molar-refractivity contribution >= 4 is 5.91 Å². The van der Waals surface area contributed by atoms with Gasteiger partial charge < -0.3 is 5.73 Å². The quantitative estimate of drug-likeness (QED) is 0.839. The van der Waals surface area contributed by atoms with Crippen molar-refractivity contribution in [3.05, 3.63) is 17.0 Å². The summed E-state index contributed by atoms with van der Waals surface area (Å²) in [5.74, 6) is -1.08. The van der Waals surface area contributed by atoms with Crippen LogP contribution in [-0.4, -0.2) is 15.7 Å². The molecule has 4 nitrogen and oxygen atoms in total. The average Bonchev–Trinajstić information content (AvgIpc) is 2.87. The number of carbonyl (C=O) groups is 1. The molecule has 2 N–H and O–H groups in total. The molecule has 88 valence electrons. The monoisotopic (exact) mass is 233 g/mol. The van der Waals surface area contributed by atoms with Crippen molar-refractivity contribution in [1.82, 2.24) is 9.78 Å². The van der Waals surface area contributed by atoms with E-state index in [1.807, 2.05) is 0 Å². The van der Waals surface area contributed by atoms with Gasteiger partial charge in [0.2, 0.25) is 0 Å². The summed E-state index contributed by atoms with van der Waals surface area (Å²) < 4.78 is 38.9. The molecule has 0 spiro atoms. The number of primary amides is 1. The fraction of sp³-hybridized carbons (Fsp3) is 0.556. The van der Waals surface area contributed by atoms with Gasteiger partial charge in [-0.25, -0.2) is 0 Å². The van der Waals surface area contributed by atoms with Crippen molar-refractivity contribution in [1.29, 1.82) is 0 Å². The number of carbonyl (C=O) groups excluding carboxylic acids is 1. The van der Waals surface area contributed by atoms with Gasteiger partial charge in [0.05, 0.1) is 11.3 Å². The molecule has 1 amide bonds. The highest BCUT2D eigenvalue weighted by Crippen LogP contribution is 2.44. The Hall–Kier alpha value is -1.53. The van der Waals surface area contributed by atoms with Crippen molar-refractivity contribution in [2.24, 2.45) is 12.8 Å². The van der Waals surface area contributed by atoms with Gasteiger partial charge in [-0.3, -0.25) is 9.48 Å². The van der Waals surface area contributed by atoms with Crippen LogP contribution in [0.15, 0.2) is 0 Å². The summed E-state index contributed by atoms with van der Waals surface area (Å²) in [6.45, 7) is 0. The van der Waals surface area contributed by atoms with Crippen molar-refractivity contribution < 1.29 is 18.0 Å². The normalized spacial score (nSPS) is 16.5. The number of hydrogen-bond acceptors (Lipinski definition) is 2. The molecule has 16 heavy (non-hydrogen) atoms. The van der Waals surface area contributed by atoms with Gasteiger partial charge in [-0.2, -0.15) is 18.3 Å². The van der Waals surface area contributed by atoms with Gasteiger partial charge in [-0.1, -0.05) is 0 Å². The van der Waals surface area contributed by atoms with Crippen molar-refractivity contribution in [2.75, 3.05) is 0 Å². The van der Waals surface area contributed by atoms with E-state index in [9.17, 15) is 18.0 Å². The Kier molecular flexibility index (Phi) is 2.21. The van der Waals surface area contributed by atoms with E-state index in [0.717, 1.165) is 17.5 Å². The number of aromatic nitrogens is 2. The van der Waals surface area contributed by atoms with E-state index in [2.05, 4.69) is 5.10 Å². The summed E-state index contributed by atoms with van der Waals surface area (Å²) >= 11 is 0. The van der Waals surface area contributed by atoms with Gasteiger partial charge >= 0.3 is 6.18 Å². The summed E-state index contributed by atoms with van der Waals surface area (Å²) in [5.41, 5.74) is 3.65. The summed E-state index contributed by atoms with van der Waals surface area (Å²) in [7, 11) is 1.40. The first-order valence-corrected chi connectivity index (χ1v) is 4.76. The third-order valence-electron chi connectivity index (χ3n) is 2.57. The lowest BCUT2D eigenvalue weighted by Gasteiger charge is -2.04. The highest BCUT2D eigenvalue weighted by molar-refractivity contribution is 5.95. The minimum absolute atomic E-state index is 0.0175. The molecule has 0 bridgehead atoms. The summed E-state index contributed by atoms with van der Waals surface area (Å²) in [6.07, 6.45) is -3.09. The third-order valence-corrected chi connectivity index (χ3v) is 2.57. The van der Waals surface area contributed by atoms with Crippen LogP contribution in [0.1, 0.15) is 40.5 Å². The first kappa shape index (κ1) is 11.0. The fourth-order valence-electron chi connectivity index (χ4n) is 1.80. The zero-order chi connectivity index (χ0) is 12.1. The van der Waals surface area contributed by atoms with E-state index in [-0.39, 0.29) is 5.92 Å². The molecule has 1 aromatic rings. The minimum Gasteiger partial charge on any atom is -0.365 e. The SMILES string of the molecule is Cn1nc(C(F)(F)F)c(C(N)=O)c1C1CC1. The molecule has 0 atom stereocenters. The maximum absolute atomic E-state index is 12.6. The Morgan fingerprint density at radius 2 is 2.06 bits per heavy atom. The van der Waals surface area contributed by atoms with Gasteiger partial charge in [0.15, 0.2) is 5.69 Å². The lowest BCUT2D eigenvalue weighted by molar-refractivity contribution is -0.141. The number of alkyl halides is 3. The zero-order valence-corrected chi connectivity index (χ0v) is 8.51. The van der Waals surface area contributed by atoms with E-state index in [1.165, 1.54) is 7.05 Å². The van der Waals surface area contributed by atoms with Crippen LogP contribution in [-0.2, 0) is 13.2 Å². The molecule has 1 saturated carbocycles. The van der Waals surface area contributed by atoms with Crippen LogP contribution in [0.4, 0.5) is 13.2 Å². The van der Waals surface area contributed by atoms with E-state index in [1.54, 1.807) is 0 Å². The Morgan fingerprint density at radius 1 is 1.50 bits per heavy atom. The number of amides is 1. The Balaban J connectivity index is 2.62. The van der Waals surface area contributed by atoms with Crippen molar-refractivity contribution in [2.45, 2.75) is 24.9 Å². The number of nitrogens with two attached hydrogens (primary N) is 1. The molecule has 0 unspecified atom stereocenters. The fourth-order valence-corrected chi connectivity index (χ4v) is 1.80. The molecule has 1 aliphatic carbocycles. The highest BCUT2D eigenvalue weighted by atomic mass is 19.4. The molecule has 1 heterocycles. The molecule has 7 heteroatoms. The Labute approximate surface area is 89.2 Å². The molecular formula is C9H10F3N3O. The largest absolute Gasteiger partial charge is 0.435 e. The van der Waals surface area contributed by atoms with Crippen LogP contribution < -0.4 is 5.73 Å². The molecule has 0 saturated heterocycles. The Bertz CT molecular complexity index is 446. The van der Waals surface area contributed by atoms with Gasteiger partial charge in [-0.05, 0) is 12.8 Å². The van der Waals surface area contributed by atoms with Crippen LogP contribution in [0.25, 0.3) is 0 Å². The predicted octanol–water partition coefficient (Wildman–Crippen LogP) is 1.42. The first-order valence-electron chi connectivity index (χ1n) is 4.76. The number of nitrogens with zero attached hydrogens (tertiary/aromatic N) is 2. The summed E-state index contributed by atoms with van der Waals surface area (Å²) in [4.78, 5) is 11.1. The number of halogens is 3. The second-order valence-electron chi connectivity index (χ2n) is 3.87. The molecule has 1 aromatic heterocycles. The molecular weight excluding hydrogens is 223 g/mol.